The van der Waals surface area contributed by atoms with Crippen LogP contribution in [0, 0.1) is 5.82 Å². The minimum absolute atomic E-state index is 0.0541. The molecule has 2 aromatic rings. The molecule has 0 radical (unpaired) electrons. The third-order valence-electron chi connectivity index (χ3n) is 2.89. The fraction of sp³-hybridized carbons (Fsp3) is 0.154. The highest BCUT2D eigenvalue weighted by molar-refractivity contribution is 5.48. The van der Waals surface area contributed by atoms with Crippen molar-refractivity contribution in [2.45, 2.75) is 6.04 Å². The largest absolute Gasteiger partial charge is 0.265 e. The van der Waals surface area contributed by atoms with Gasteiger partial charge in [-0.3, -0.25) is 4.98 Å². The Kier molecular flexibility index (Phi) is 2.72. The molecule has 0 spiro atoms. The summed E-state index contributed by atoms with van der Waals surface area (Å²) in [5, 5.41) is 9.97. The minimum atomic E-state index is -0.254. The molecule has 0 N–H and O–H groups in total. The van der Waals surface area contributed by atoms with Crippen LogP contribution < -0.4 is 5.01 Å². The van der Waals surface area contributed by atoms with Crippen LogP contribution in [0.4, 0.5) is 10.1 Å². The normalized spacial score (nSPS) is 18.3. The molecular formula is C13H11FN4. The van der Waals surface area contributed by atoms with Gasteiger partial charge in [0.1, 0.15) is 11.9 Å². The van der Waals surface area contributed by atoms with Crippen molar-refractivity contribution in [3.63, 3.8) is 0 Å². The number of anilines is 1. The van der Waals surface area contributed by atoms with Gasteiger partial charge < -0.3 is 0 Å². The van der Waals surface area contributed by atoms with E-state index < -0.39 is 0 Å². The van der Waals surface area contributed by atoms with E-state index in [1.807, 2.05) is 12.1 Å². The van der Waals surface area contributed by atoms with E-state index in [0.29, 0.717) is 6.54 Å². The van der Waals surface area contributed by atoms with Crippen molar-refractivity contribution in [1.82, 2.24) is 4.98 Å². The Hall–Kier alpha value is -2.30. The van der Waals surface area contributed by atoms with Gasteiger partial charge in [0.05, 0.1) is 12.2 Å². The molecule has 0 unspecified atom stereocenters. The summed E-state index contributed by atoms with van der Waals surface area (Å²) in [6.45, 7) is 0.599. The first-order valence-electron chi connectivity index (χ1n) is 5.67. The van der Waals surface area contributed by atoms with Crippen LogP contribution in [0.15, 0.2) is 59.1 Å². The number of hydrogen-bond acceptors (Lipinski definition) is 4. The van der Waals surface area contributed by atoms with E-state index in [4.69, 9.17) is 0 Å². The van der Waals surface area contributed by atoms with Crippen molar-refractivity contribution in [2.24, 2.45) is 10.3 Å². The second-order valence-electron chi connectivity index (χ2n) is 4.03. The predicted octanol–water partition coefficient (Wildman–Crippen LogP) is 3.15. The van der Waals surface area contributed by atoms with Gasteiger partial charge in [0, 0.05) is 12.4 Å². The van der Waals surface area contributed by atoms with Crippen LogP contribution in [0.25, 0.3) is 0 Å². The zero-order valence-electron chi connectivity index (χ0n) is 9.57. The van der Waals surface area contributed by atoms with Crippen LogP contribution >= 0.6 is 0 Å². The molecule has 0 fully saturated rings. The molecule has 0 saturated carbocycles. The number of nitrogens with zero attached hydrogens (tertiary/aromatic N) is 4. The fourth-order valence-electron chi connectivity index (χ4n) is 1.98. The average molecular weight is 242 g/mol. The first-order chi connectivity index (χ1) is 8.84. The summed E-state index contributed by atoms with van der Waals surface area (Å²) in [6.07, 6.45) is 3.49. The van der Waals surface area contributed by atoms with Crippen molar-refractivity contribution in [3.05, 3.63) is 60.2 Å². The molecule has 0 amide bonds. The first kappa shape index (κ1) is 10.8. The molecule has 1 aromatic carbocycles. The van der Waals surface area contributed by atoms with Gasteiger partial charge in [-0.05, 0) is 42.0 Å². The van der Waals surface area contributed by atoms with Gasteiger partial charge in [-0.15, -0.1) is 0 Å². The molecule has 5 heteroatoms. The topological polar surface area (TPSA) is 40.9 Å². The van der Waals surface area contributed by atoms with Crippen molar-refractivity contribution in [3.8, 4) is 0 Å². The molecule has 3 rings (SSSR count). The van der Waals surface area contributed by atoms with Gasteiger partial charge >= 0.3 is 0 Å². The molecular weight excluding hydrogens is 231 g/mol. The van der Waals surface area contributed by atoms with E-state index in [-0.39, 0.29) is 11.9 Å². The van der Waals surface area contributed by atoms with Crippen LogP contribution in [0.3, 0.4) is 0 Å². The van der Waals surface area contributed by atoms with Gasteiger partial charge in [-0.1, -0.05) is 5.22 Å². The van der Waals surface area contributed by atoms with Crippen LogP contribution in [0.2, 0.25) is 0 Å². The van der Waals surface area contributed by atoms with Crippen LogP contribution in [-0.4, -0.2) is 11.5 Å². The number of halogens is 1. The minimum Gasteiger partial charge on any atom is -0.265 e. The summed E-state index contributed by atoms with van der Waals surface area (Å²) in [7, 11) is 0. The lowest BCUT2D eigenvalue weighted by Crippen LogP contribution is -2.20. The van der Waals surface area contributed by atoms with E-state index in [1.165, 1.54) is 12.1 Å². The van der Waals surface area contributed by atoms with Gasteiger partial charge in [-0.2, -0.15) is 5.11 Å². The Morgan fingerprint density at radius 1 is 1.06 bits per heavy atom. The summed E-state index contributed by atoms with van der Waals surface area (Å²) in [6, 6.07) is 10.2. The summed E-state index contributed by atoms with van der Waals surface area (Å²) >= 11 is 0. The molecule has 1 atom stereocenters. The molecule has 1 aliphatic rings. The fourth-order valence-corrected chi connectivity index (χ4v) is 1.98. The van der Waals surface area contributed by atoms with Crippen LogP contribution in [-0.2, 0) is 0 Å². The lowest BCUT2D eigenvalue weighted by Gasteiger charge is -2.21. The number of rotatable bonds is 2. The van der Waals surface area contributed by atoms with Crippen molar-refractivity contribution in [2.75, 3.05) is 11.6 Å². The summed E-state index contributed by atoms with van der Waals surface area (Å²) in [5.41, 5.74) is 1.93. The molecule has 2 heterocycles. The maximum Gasteiger partial charge on any atom is 0.123 e. The van der Waals surface area contributed by atoms with Crippen LogP contribution in [0.1, 0.15) is 11.6 Å². The molecule has 1 aliphatic heterocycles. The highest BCUT2D eigenvalue weighted by Crippen LogP contribution is 2.31. The summed E-state index contributed by atoms with van der Waals surface area (Å²) < 4.78 is 12.9. The van der Waals surface area contributed by atoms with Crippen molar-refractivity contribution >= 4 is 5.69 Å². The number of pyridine rings is 1. The van der Waals surface area contributed by atoms with E-state index in [0.717, 1.165) is 11.3 Å². The third-order valence-corrected chi connectivity index (χ3v) is 2.89. The van der Waals surface area contributed by atoms with Crippen LogP contribution in [0.5, 0.6) is 0 Å². The number of benzene rings is 1. The molecule has 1 aromatic heterocycles. The van der Waals surface area contributed by atoms with Crippen molar-refractivity contribution < 1.29 is 4.39 Å². The second kappa shape index (κ2) is 4.52. The predicted molar refractivity (Wildman–Crippen MR) is 65.6 cm³/mol. The molecule has 18 heavy (non-hydrogen) atoms. The SMILES string of the molecule is Fc1ccc(N2N=NC[C@@H]2c2ccncc2)cc1. The van der Waals surface area contributed by atoms with E-state index >= 15 is 0 Å². The second-order valence-corrected chi connectivity index (χ2v) is 4.03. The molecule has 0 bridgehead atoms. The molecule has 0 aliphatic carbocycles. The summed E-state index contributed by atoms with van der Waals surface area (Å²) in [5.74, 6) is -0.254. The molecule has 0 saturated heterocycles. The zero-order valence-corrected chi connectivity index (χ0v) is 9.57. The number of aromatic nitrogens is 1. The van der Waals surface area contributed by atoms with Gasteiger partial charge in [0.2, 0.25) is 0 Å². The van der Waals surface area contributed by atoms with E-state index in [9.17, 15) is 4.39 Å². The Morgan fingerprint density at radius 3 is 2.50 bits per heavy atom. The van der Waals surface area contributed by atoms with E-state index in [1.54, 1.807) is 29.5 Å². The van der Waals surface area contributed by atoms with Gasteiger partial charge in [0.25, 0.3) is 0 Å². The maximum atomic E-state index is 12.9. The monoisotopic (exact) mass is 242 g/mol. The van der Waals surface area contributed by atoms with Gasteiger partial charge in [0.15, 0.2) is 0 Å². The Bertz CT molecular complexity index is 553. The molecule has 90 valence electrons. The first-order valence-corrected chi connectivity index (χ1v) is 5.67. The van der Waals surface area contributed by atoms with Crippen molar-refractivity contribution in [1.29, 1.82) is 0 Å². The standard InChI is InChI=1S/C13H11FN4/c14-11-1-3-12(4-2-11)18-13(9-16-17-18)10-5-7-15-8-6-10/h1-8,13H,9H2/t13-/m1/s1. The Labute approximate surface area is 104 Å². The molecule has 4 nitrogen and oxygen atoms in total. The number of hydrogen-bond donors (Lipinski definition) is 0. The quantitative estimate of drug-likeness (QED) is 0.811. The highest BCUT2D eigenvalue weighted by atomic mass is 19.1. The summed E-state index contributed by atoms with van der Waals surface area (Å²) in [4.78, 5) is 4.00. The Balaban J connectivity index is 1.91. The zero-order chi connectivity index (χ0) is 12.4. The third kappa shape index (κ3) is 1.95. The van der Waals surface area contributed by atoms with Gasteiger partial charge in [-0.25, -0.2) is 9.40 Å². The lowest BCUT2D eigenvalue weighted by atomic mass is 10.1. The average Bonchev–Trinajstić information content (AvgIpc) is 2.90. The lowest BCUT2D eigenvalue weighted by molar-refractivity contribution is 0.627. The highest BCUT2D eigenvalue weighted by Gasteiger charge is 2.25. The maximum absolute atomic E-state index is 12.9. The van der Waals surface area contributed by atoms with E-state index in [2.05, 4.69) is 15.3 Å². The smallest absolute Gasteiger partial charge is 0.123 e. The Morgan fingerprint density at radius 2 is 1.78 bits per heavy atom.